The average molecular weight is 523 g/mol. The summed E-state index contributed by atoms with van der Waals surface area (Å²) in [6.45, 7) is 1.55. The lowest BCUT2D eigenvalue weighted by atomic mass is 10.1. The smallest absolute Gasteiger partial charge is 0.338 e. The molecule has 3 aromatic carbocycles. The van der Waals surface area contributed by atoms with E-state index in [0.717, 1.165) is 5.56 Å². The summed E-state index contributed by atoms with van der Waals surface area (Å²) in [5.41, 5.74) is 3.31. The summed E-state index contributed by atoms with van der Waals surface area (Å²) < 4.78 is 5.51. The van der Waals surface area contributed by atoms with Crippen molar-refractivity contribution in [3.05, 3.63) is 99.4 Å². The summed E-state index contributed by atoms with van der Waals surface area (Å²) in [5, 5.41) is 3.18. The van der Waals surface area contributed by atoms with Crippen LogP contribution in [-0.2, 0) is 14.3 Å². The van der Waals surface area contributed by atoms with Crippen molar-refractivity contribution in [1.82, 2.24) is 0 Å². The number of hydrogen-bond acceptors (Lipinski definition) is 6. The molecule has 1 heterocycles. The molecule has 1 aliphatic heterocycles. The Bertz CT molecular complexity index is 1340. The Balaban J connectivity index is 1.36. The number of nitrogens with one attached hydrogen (secondary N) is 1. The fraction of sp³-hybridized carbons (Fsp3) is 0.0769. The summed E-state index contributed by atoms with van der Waals surface area (Å²) in [7, 11) is 0. The second-order valence-corrected chi connectivity index (χ2v) is 9.72. The van der Waals surface area contributed by atoms with E-state index in [1.165, 1.54) is 16.7 Å². The Labute approximate surface area is 216 Å². The number of anilines is 2. The van der Waals surface area contributed by atoms with Gasteiger partial charge in [-0.25, -0.2) is 4.79 Å². The Morgan fingerprint density at radius 3 is 2.49 bits per heavy atom. The maximum atomic E-state index is 12.9. The minimum atomic E-state index is -0.622. The van der Waals surface area contributed by atoms with Crippen LogP contribution in [0.3, 0.4) is 0 Å². The van der Waals surface area contributed by atoms with E-state index < -0.39 is 18.5 Å². The molecule has 0 atom stereocenters. The number of carbonyl (C=O) groups excluding carboxylic acids is 3. The van der Waals surface area contributed by atoms with Gasteiger partial charge in [0.25, 0.3) is 11.8 Å². The van der Waals surface area contributed by atoms with Crippen LogP contribution < -0.4 is 10.2 Å². The second kappa shape index (κ2) is 10.9. The van der Waals surface area contributed by atoms with Crippen LogP contribution in [-0.4, -0.2) is 28.7 Å². The van der Waals surface area contributed by atoms with E-state index in [-0.39, 0.29) is 11.5 Å². The fourth-order valence-corrected chi connectivity index (χ4v) is 4.70. The third-order valence-corrected chi connectivity index (χ3v) is 6.51. The number of carbonyl (C=O) groups is 3. The minimum absolute atomic E-state index is 0.245. The molecule has 4 rings (SSSR count). The van der Waals surface area contributed by atoms with Crippen LogP contribution >= 0.6 is 35.6 Å². The van der Waals surface area contributed by atoms with E-state index in [1.807, 2.05) is 19.1 Å². The summed E-state index contributed by atoms with van der Waals surface area (Å²) in [4.78, 5) is 39.1. The monoisotopic (exact) mass is 522 g/mol. The molecule has 0 bridgehead atoms. The molecule has 3 aromatic rings. The van der Waals surface area contributed by atoms with Gasteiger partial charge in [-0.3, -0.25) is 14.5 Å². The van der Waals surface area contributed by atoms with E-state index in [1.54, 1.807) is 66.7 Å². The molecule has 9 heteroatoms. The van der Waals surface area contributed by atoms with Crippen molar-refractivity contribution in [2.24, 2.45) is 0 Å². The third-order valence-electron chi connectivity index (χ3n) is 4.97. The summed E-state index contributed by atoms with van der Waals surface area (Å²) >= 11 is 12.6. The summed E-state index contributed by atoms with van der Waals surface area (Å²) in [6, 6.07) is 20.7. The number of rotatable bonds is 6. The highest BCUT2D eigenvalue weighted by atomic mass is 35.5. The molecule has 1 N–H and O–H groups in total. The molecule has 35 heavy (non-hydrogen) atoms. The molecule has 176 valence electrons. The zero-order valence-corrected chi connectivity index (χ0v) is 20.9. The average Bonchev–Trinajstić information content (AvgIpc) is 3.12. The maximum Gasteiger partial charge on any atom is 0.338 e. The van der Waals surface area contributed by atoms with E-state index in [0.29, 0.717) is 31.2 Å². The number of thioether (sulfide) groups is 1. The first-order chi connectivity index (χ1) is 16.8. The van der Waals surface area contributed by atoms with Crippen LogP contribution in [0.5, 0.6) is 0 Å². The third kappa shape index (κ3) is 6.16. The zero-order chi connectivity index (χ0) is 24.9. The lowest BCUT2D eigenvalue weighted by Crippen LogP contribution is -2.27. The SMILES string of the molecule is Cc1ccc(NC(=O)COC(=O)c2ccc(/C=C3/SC(=S)N(c4cccc(Cl)c4)C3=O)cc2)cc1. The maximum absolute atomic E-state index is 12.9. The Morgan fingerprint density at radius 2 is 1.80 bits per heavy atom. The molecule has 0 spiro atoms. The summed E-state index contributed by atoms with van der Waals surface area (Å²) in [5.74, 6) is -1.30. The molecule has 0 radical (unpaired) electrons. The predicted molar refractivity (Wildman–Crippen MR) is 144 cm³/mol. The highest BCUT2D eigenvalue weighted by molar-refractivity contribution is 8.27. The number of thiocarbonyl (C=S) groups is 1. The zero-order valence-electron chi connectivity index (χ0n) is 18.5. The molecule has 0 aromatic heterocycles. The minimum Gasteiger partial charge on any atom is -0.452 e. The molecular weight excluding hydrogens is 504 g/mol. The number of amides is 2. The van der Waals surface area contributed by atoms with Crippen LogP contribution in [0.1, 0.15) is 21.5 Å². The van der Waals surface area contributed by atoms with Crippen LogP contribution in [0.15, 0.2) is 77.7 Å². The Morgan fingerprint density at radius 1 is 1.09 bits per heavy atom. The van der Waals surface area contributed by atoms with Gasteiger partial charge in [-0.2, -0.15) is 0 Å². The van der Waals surface area contributed by atoms with E-state index >= 15 is 0 Å². The van der Waals surface area contributed by atoms with Gasteiger partial charge in [-0.05, 0) is 61.0 Å². The van der Waals surface area contributed by atoms with Gasteiger partial charge in [0.2, 0.25) is 0 Å². The molecule has 6 nitrogen and oxygen atoms in total. The first-order valence-electron chi connectivity index (χ1n) is 10.5. The standard InChI is InChI=1S/C26H19ClN2O4S2/c1-16-5-11-20(12-6-16)28-23(30)15-33-25(32)18-9-7-17(8-10-18)13-22-24(31)29(26(34)35-22)21-4-2-3-19(27)14-21/h2-14H,15H2,1H3,(H,28,30)/b22-13+. The molecule has 0 saturated carbocycles. The number of ether oxygens (including phenoxy) is 1. The first-order valence-corrected chi connectivity index (χ1v) is 12.1. The highest BCUT2D eigenvalue weighted by Gasteiger charge is 2.33. The van der Waals surface area contributed by atoms with Gasteiger partial charge in [0.1, 0.15) is 0 Å². The molecule has 0 unspecified atom stereocenters. The lowest BCUT2D eigenvalue weighted by Gasteiger charge is -2.14. The molecule has 0 aliphatic carbocycles. The van der Waals surface area contributed by atoms with Gasteiger partial charge >= 0.3 is 5.97 Å². The van der Waals surface area contributed by atoms with Crippen molar-refractivity contribution in [3.8, 4) is 0 Å². The number of benzene rings is 3. The van der Waals surface area contributed by atoms with Crippen molar-refractivity contribution in [2.45, 2.75) is 6.92 Å². The highest BCUT2D eigenvalue weighted by Crippen LogP contribution is 2.36. The van der Waals surface area contributed by atoms with Gasteiger partial charge < -0.3 is 10.1 Å². The van der Waals surface area contributed by atoms with Crippen LogP contribution in [0.2, 0.25) is 5.02 Å². The Hall–Kier alpha value is -3.46. The van der Waals surface area contributed by atoms with Crippen LogP contribution in [0.4, 0.5) is 11.4 Å². The number of hydrogen-bond donors (Lipinski definition) is 1. The quantitative estimate of drug-likeness (QED) is 0.249. The number of esters is 1. The molecule has 1 fully saturated rings. The second-order valence-electron chi connectivity index (χ2n) is 7.61. The van der Waals surface area contributed by atoms with Crippen molar-refractivity contribution in [2.75, 3.05) is 16.8 Å². The number of halogens is 1. The van der Waals surface area contributed by atoms with Gasteiger partial charge in [0.05, 0.1) is 16.2 Å². The summed E-state index contributed by atoms with van der Waals surface area (Å²) in [6.07, 6.45) is 1.70. The van der Waals surface area contributed by atoms with Crippen molar-refractivity contribution < 1.29 is 19.1 Å². The van der Waals surface area contributed by atoms with E-state index in [9.17, 15) is 14.4 Å². The normalized spacial score (nSPS) is 14.3. The topological polar surface area (TPSA) is 75.7 Å². The number of nitrogens with zero attached hydrogens (tertiary/aromatic N) is 1. The van der Waals surface area contributed by atoms with Crippen molar-refractivity contribution >= 4 is 75.1 Å². The first kappa shape index (κ1) is 24.7. The van der Waals surface area contributed by atoms with Crippen LogP contribution in [0, 0.1) is 6.92 Å². The van der Waals surface area contributed by atoms with Crippen LogP contribution in [0.25, 0.3) is 6.08 Å². The number of aryl methyl sites for hydroxylation is 1. The fourth-order valence-electron chi connectivity index (χ4n) is 3.22. The molecule has 2 amide bonds. The van der Waals surface area contributed by atoms with Gasteiger partial charge in [-0.1, -0.05) is 71.5 Å². The molecule has 1 saturated heterocycles. The van der Waals surface area contributed by atoms with Gasteiger partial charge in [0, 0.05) is 10.7 Å². The Kier molecular flexibility index (Phi) is 7.65. The molecular formula is C26H19ClN2O4S2. The largest absolute Gasteiger partial charge is 0.452 e. The van der Waals surface area contributed by atoms with Gasteiger partial charge in [-0.15, -0.1) is 0 Å². The molecule has 1 aliphatic rings. The van der Waals surface area contributed by atoms with E-state index in [2.05, 4.69) is 5.32 Å². The van der Waals surface area contributed by atoms with Crippen molar-refractivity contribution in [3.63, 3.8) is 0 Å². The van der Waals surface area contributed by atoms with Crippen molar-refractivity contribution in [1.29, 1.82) is 0 Å². The lowest BCUT2D eigenvalue weighted by molar-refractivity contribution is -0.119. The van der Waals surface area contributed by atoms with E-state index in [4.69, 9.17) is 28.6 Å². The van der Waals surface area contributed by atoms with Gasteiger partial charge in [0.15, 0.2) is 10.9 Å². The predicted octanol–water partition coefficient (Wildman–Crippen LogP) is 5.85.